The van der Waals surface area contributed by atoms with Crippen LogP contribution < -0.4 is 10.2 Å². The van der Waals surface area contributed by atoms with E-state index in [1.54, 1.807) is 0 Å². The predicted molar refractivity (Wildman–Crippen MR) is 129 cm³/mol. The molecule has 2 aliphatic heterocycles. The smallest absolute Gasteiger partial charge is 0.244 e. The third-order valence-electron chi connectivity index (χ3n) is 5.59. The molecule has 1 fully saturated rings. The van der Waals surface area contributed by atoms with Gasteiger partial charge < -0.3 is 10.2 Å². The minimum Gasteiger partial charge on any atom is -0.324 e. The summed E-state index contributed by atoms with van der Waals surface area (Å²) >= 11 is 1.47. The van der Waals surface area contributed by atoms with Gasteiger partial charge in [-0.15, -0.1) is 0 Å². The number of nitrogens with zero attached hydrogens (tertiary/aromatic N) is 2. The number of hydrogen-bond donors (Lipinski definition) is 1. The van der Waals surface area contributed by atoms with E-state index in [9.17, 15) is 13.2 Å². The first-order valence-corrected chi connectivity index (χ1v) is 13.0. The third kappa shape index (κ3) is 4.80. The molecule has 0 radical (unpaired) electrons. The number of amidine groups is 1. The van der Waals surface area contributed by atoms with Crippen LogP contribution >= 0.6 is 11.8 Å². The van der Waals surface area contributed by atoms with Crippen molar-refractivity contribution in [2.75, 3.05) is 28.3 Å². The van der Waals surface area contributed by atoms with E-state index in [-0.39, 0.29) is 35.2 Å². The molecule has 2 aromatic rings. The van der Waals surface area contributed by atoms with Crippen molar-refractivity contribution >= 4 is 44.0 Å². The van der Waals surface area contributed by atoms with Crippen LogP contribution in [0, 0.1) is 27.7 Å². The van der Waals surface area contributed by atoms with Crippen molar-refractivity contribution in [2.45, 2.75) is 39.0 Å². The van der Waals surface area contributed by atoms with E-state index in [2.05, 4.69) is 17.4 Å². The Morgan fingerprint density at radius 1 is 1.10 bits per heavy atom. The van der Waals surface area contributed by atoms with Crippen LogP contribution in [-0.4, -0.2) is 48.8 Å². The molecule has 8 heteroatoms. The Bertz CT molecular complexity index is 1150. The topological polar surface area (TPSA) is 78.8 Å². The summed E-state index contributed by atoms with van der Waals surface area (Å²) < 4.78 is 23.9. The van der Waals surface area contributed by atoms with Crippen molar-refractivity contribution in [1.82, 2.24) is 0 Å². The number of aliphatic imine (C=N–C) groups is 1. The highest BCUT2D eigenvalue weighted by Gasteiger charge is 2.44. The number of benzene rings is 2. The highest BCUT2D eigenvalue weighted by molar-refractivity contribution is 8.15. The van der Waals surface area contributed by atoms with Gasteiger partial charge in [0.15, 0.2) is 15.0 Å². The summed E-state index contributed by atoms with van der Waals surface area (Å²) in [7, 11) is -3.03. The fraction of sp³-hybridized carbons (Fsp3) is 0.391. The monoisotopic (exact) mass is 457 g/mol. The number of amides is 1. The molecule has 2 atom stereocenters. The average molecular weight is 458 g/mol. The van der Waals surface area contributed by atoms with Crippen molar-refractivity contribution < 1.29 is 13.2 Å². The van der Waals surface area contributed by atoms with Gasteiger partial charge in [-0.25, -0.2) is 8.42 Å². The van der Waals surface area contributed by atoms with E-state index >= 15 is 0 Å². The van der Waals surface area contributed by atoms with Gasteiger partial charge in [-0.1, -0.05) is 41.6 Å². The predicted octanol–water partition coefficient (Wildman–Crippen LogP) is 3.63. The molecule has 2 heterocycles. The lowest BCUT2D eigenvalue weighted by Gasteiger charge is -2.25. The summed E-state index contributed by atoms with van der Waals surface area (Å²) in [6.07, 6.45) is 0. The van der Waals surface area contributed by atoms with Crippen LogP contribution in [-0.2, 0) is 14.6 Å². The Balaban J connectivity index is 1.60. The number of carbonyl (C=O) groups excluding carboxylic acids is 1. The number of fused-ring (bicyclic) bond motifs is 1. The molecule has 4 rings (SSSR count). The van der Waals surface area contributed by atoms with Gasteiger partial charge in [0.25, 0.3) is 0 Å². The molecule has 0 spiro atoms. The maximum Gasteiger partial charge on any atom is 0.244 e. The first-order chi connectivity index (χ1) is 14.6. The maximum absolute atomic E-state index is 13.1. The van der Waals surface area contributed by atoms with Gasteiger partial charge >= 0.3 is 0 Å². The molecule has 0 saturated carbocycles. The second-order valence-electron chi connectivity index (χ2n) is 8.46. The lowest BCUT2D eigenvalue weighted by atomic mass is 10.1. The van der Waals surface area contributed by atoms with Crippen LogP contribution in [0.25, 0.3) is 0 Å². The number of nitrogens with one attached hydrogen (secondary N) is 1. The lowest BCUT2D eigenvalue weighted by molar-refractivity contribution is -0.114. The number of carbonyl (C=O) groups is 1. The molecular weight excluding hydrogens is 430 g/mol. The van der Waals surface area contributed by atoms with Gasteiger partial charge in [0.05, 0.1) is 17.5 Å². The van der Waals surface area contributed by atoms with Gasteiger partial charge in [0.2, 0.25) is 5.91 Å². The summed E-state index contributed by atoms with van der Waals surface area (Å²) in [5.41, 5.74) is 6.01. The molecule has 2 aromatic carbocycles. The first kappa shape index (κ1) is 21.9. The zero-order chi connectivity index (χ0) is 22.3. The Labute approximate surface area is 188 Å². The van der Waals surface area contributed by atoms with Gasteiger partial charge in [-0.05, 0) is 56.5 Å². The quantitative estimate of drug-likeness (QED) is 0.758. The summed E-state index contributed by atoms with van der Waals surface area (Å²) in [6, 6.07) is 11.8. The van der Waals surface area contributed by atoms with Crippen LogP contribution in [0.4, 0.5) is 11.4 Å². The Hall–Kier alpha value is -2.32. The zero-order valence-electron chi connectivity index (χ0n) is 18.2. The molecule has 1 amide bonds. The number of aryl methyl sites for hydroxylation is 4. The number of anilines is 2. The normalized spacial score (nSPS) is 21.5. The fourth-order valence-electron chi connectivity index (χ4n) is 4.24. The highest BCUT2D eigenvalue weighted by atomic mass is 32.2. The van der Waals surface area contributed by atoms with E-state index in [4.69, 9.17) is 4.99 Å². The van der Waals surface area contributed by atoms with E-state index in [0.29, 0.717) is 5.17 Å². The SMILES string of the molecule is Cc1cccc(N(CC(=O)Nc2c(C)cc(C)cc2C)C2=N[C@H]3CS(=O)(=O)C[C@H]3S2)c1. The van der Waals surface area contributed by atoms with Gasteiger partial charge in [-0.3, -0.25) is 9.79 Å². The van der Waals surface area contributed by atoms with Crippen LogP contribution in [0.5, 0.6) is 0 Å². The van der Waals surface area contributed by atoms with E-state index in [1.807, 2.05) is 56.9 Å². The van der Waals surface area contributed by atoms with Crippen molar-refractivity contribution in [1.29, 1.82) is 0 Å². The summed E-state index contributed by atoms with van der Waals surface area (Å²) in [5, 5.41) is 3.71. The minimum atomic E-state index is -3.03. The molecule has 0 aromatic heterocycles. The summed E-state index contributed by atoms with van der Waals surface area (Å²) in [6.45, 7) is 8.14. The van der Waals surface area contributed by atoms with E-state index in [1.165, 1.54) is 11.8 Å². The van der Waals surface area contributed by atoms with Crippen LogP contribution in [0.1, 0.15) is 22.3 Å². The number of thioether (sulfide) groups is 1. The maximum atomic E-state index is 13.1. The summed E-state index contributed by atoms with van der Waals surface area (Å²) in [5.74, 6) is 0.0962. The zero-order valence-corrected chi connectivity index (χ0v) is 19.8. The molecule has 6 nitrogen and oxygen atoms in total. The third-order valence-corrected chi connectivity index (χ3v) is 8.84. The van der Waals surface area contributed by atoms with Gasteiger partial charge in [0, 0.05) is 16.6 Å². The number of rotatable bonds is 4. The van der Waals surface area contributed by atoms with E-state index < -0.39 is 9.84 Å². The lowest BCUT2D eigenvalue weighted by Crippen LogP contribution is -2.37. The largest absolute Gasteiger partial charge is 0.324 e. The van der Waals surface area contributed by atoms with Crippen molar-refractivity contribution in [3.63, 3.8) is 0 Å². The molecule has 0 unspecified atom stereocenters. The molecule has 0 bridgehead atoms. The standard InChI is InChI=1S/C23H27N3O3S2/c1-14-6-5-7-18(10-14)26(23-24-19-12-31(28,29)13-20(19)30-23)11-21(27)25-22-16(3)8-15(2)9-17(22)4/h5-10,19-20H,11-13H2,1-4H3,(H,25,27)/t19-,20+/m0/s1. The Kier molecular flexibility index (Phi) is 5.87. The van der Waals surface area contributed by atoms with Crippen molar-refractivity contribution in [3.8, 4) is 0 Å². The Morgan fingerprint density at radius 2 is 1.81 bits per heavy atom. The van der Waals surface area contributed by atoms with Crippen LogP contribution in [0.3, 0.4) is 0 Å². The number of hydrogen-bond acceptors (Lipinski definition) is 6. The highest BCUT2D eigenvalue weighted by Crippen LogP contribution is 2.37. The molecule has 164 valence electrons. The van der Waals surface area contributed by atoms with Gasteiger partial charge in [-0.2, -0.15) is 0 Å². The molecular formula is C23H27N3O3S2. The fourth-order valence-corrected chi connectivity index (χ4v) is 8.02. The Morgan fingerprint density at radius 3 is 2.45 bits per heavy atom. The first-order valence-electron chi connectivity index (χ1n) is 10.3. The molecule has 0 aliphatic carbocycles. The second kappa shape index (κ2) is 8.31. The van der Waals surface area contributed by atoms with E-state index in [0.717, 1.165) is 33.6 Å². The number of sulfone groups is 1. The van der Waals surface area contributed by atoms with Crippen molar-refractivity contribution in [2.24, 2.45) is 4.99 Å². The second-order valence-corrected chi connectivity index (χ2v) is 11.8. The molecule has 1 N–H and O–H groups in total. The van der Waals surface area contributed by atoms with Crippen molar-refractivity contribution in [3.05, 3.63) is 58.7 Å². The van der Waals surface area contributed by atoms with Crippen LogP contribution in [0.15, 0.2) is 41.4 Å². The summed E-state index contributed by atoms with van der Waals surface area (Å²) in [4.78, 5) is 19.7. The molecule has 2 aliphatic rings. The molecule has 31 heavy (non-hydrogen) atoms. The molecule has 1 saturated heterocycles. The van der Waals surface area contributed by atoms with Crippen LogP contribution in [0.2, 0.25) is 0 Å². The average Bonchev–Trinajstić information content (AvgIpc) is 3.16. The minimum absolute atomic E-state index is 0.0723. The van der Waals surface area contributed by atoms with Gasteiger partial charge in [0.1, 0.15) is 6.54 Å².